The molecule has 1 aromatic rings. The van der Waals surface area contributed by atoms with E-state index in [0.29, 0.717) is 17.7 Å². The fraction of sp³-hybridized carbons (Fsp3) is 0.667. The van der Waals surface area contributed by atoms with E-state index in [1.54, 1.807) is 12.4 Å². The molecular weight excluding hydrogens is 224 g/mol. The largest absolute Gasteiger partial charge is 0.476 e. The minimum atomic E-state index is 0.399. The third-order valence-corrected chi connectivity index (χ3v) is 3.28. The van der Waals surface area contributed by atoms with Crippen LogP contribution in [0.1, 0.15) is 37.8 Å². The van der Waals surface area contributed by atoms with Crippen LogP contribution in [-0.4, -0.2) is 16.6 Å². The Hall–Kier alpha value is -0.830. The first-order chi connectivity index (χ1) is 7.88. The van der Waals surface area contributed by atoms with Crippen LogP contribution in [0.4, 0.5) is 0 Å². The van der Waals surface area contributed by atoms with Crippen LogP contribution in [0, 0.1) is 5.92 Å². The summed E-state index contributed by atoms with van der Waals surface area (Å²) >= 11 is 5.63. The van der Waals surface area contributed by atoms with Crippen molar-refractivity contribution in [1.82, 2.24) is 9.97 Å². The molecule has 1 saturated carbocycles. The van der Waals surface area contributed by atoms with Crippen molar-refractivity contribution in [2.75, 3.05) is 6.61 Å². The highest BCUT2D eigenvalue weighted by Gasteiger charge is 2.14. The first-order valence-corrected chi connectivity index (χ1v) is 6.41. The maximum atomic E-state index is 5.63. The first-order valence-electron chi connectivity index (χ1n) is 5.88. The Kier molecular flexibility index (Phi) is 4.40. The number of ether oxygens (including phenoxy) is 1. The van der Waals surface area contributed by atoms with Crippen molar-refractivity contribution in [2.24, 2.45) is 5.92 Å². The maximum absolute atomic E-state index is 5.63. The van der Waals surface area contributed by atoms with Crippen molar-refractivity contribution in [3.05, 3.63) is 18.1 Å². The molecule has 0 spiro atoms. The summed E-state index contributed by atoms with van der Waals surface area (Å²) in [5.74, 6) is 1.71. The van der Waals surface area contributed by atoms with Gasteiger partial charge in [0.1, 0.15) is 0 Å². The fourth-order valence-corrected chi connectivity index (χ4v) is 2.18. The van der Waals surface area contributed by atoms with E-state index in [9.17, 15) is 0 Å². The summed E-state index contributed by atoms with van der Waals surface area (Å²) in [7, 11) is 0. The molecule has 2 rings (SSSR count). The molecule has 4 heteroatoms. The van der Waals surface area contributed by atoms with Gasteiger partial charge in [0.25, 0.3) is 0 Å². The monoisotopic (exact) mass is 240 g/mol. The van der Waals surface area contributed by atoms with Crippen molar-refractivity contribution >= 4 is 11.6 Å². The highest BCUT2D eigenvalue weighted by Crippen LogP contribution is 2.24. The van der Waals surface area contributed by atoms with Gasteiger partial charge in [-0.25, -0.2) is 4.98 Å². The summed E-state index contributed by atoms with van der Waals surface area (Å²) in [5, 5.41) is 0. The molecule has 1 heterocycles. The standard InChI is InChI=1S/C12H17ClN2O/c13-6-11-7-15-12(8-14-11)16-9-10-4-2-1-3-5-10/h7-8,10H,1-6,9H2. The number of alkyl halides is 1. The van der Waals surface area contributed by atoms with Crippen LogP contribution in [0.2, 0.25) is 0 Å². The molecule has 0 aromatic carbocycles. The van der Waals surface area contributed by atoms with E-state index < -0.39 is 0 Å². The number of hydrogen-bond acceptors (Lipinski definition) is 3. The smallest absolute Gasteiger partial charge is 0.232 e. The van der Waals surface area contributed by atoms with Crippen molar-refractivity contribution in [3.8, 4) is 5.88 Å². The lowest BCUT2D eigenvalue weighted by molar-refractivity contribution is 0.202. The molecule has 1 aliphatic rings. The van der Waals surface area contributed by atoms with Gasteiger partial charge in [0.05, 0.1) is 30.6 Å². The third kappa shape index (κ3) is 3.34. The molecule has 1 fully saturated rings. The summed E-state index contributed by atoms with van der Waals surface area (Å²) in [6, 6.07) is 0. The minimum Gasteiger partial charge on any atom is -0.476 e. The summed E-state index contributed by atoms with van der Waals surface area (Å²) in [6.07, 6.45) is 9.95. The molecule has 0 unspecified atom stereocenters. The summed E-state index contributed by atoms with van der Waals surface area (Å²) < 4.78 is 5.63. The molecule has 3 nitrogen and oxygen atoms in total. The van der Waals surface area contributed by atoms with Gasteiger partial charge in [-0.05, 0) is 18.8 Å². The second-order valence-corrected chi connectivity index (χ2v) is 4.56. The molecular formula is C12H17ClN2O. The summed E-state index contributed by atoms with van der Waals surface area (Å²) in [6.45, 7) is 0.773. The lowest BCUT2D eigenvalue weighted by Crippen LogP contribution is -2.15. The molecule has 0 aliphatic heterocycles. The molecule has 0 radical (unpaired) electrons. The van der Waals surface area contributed by atoms with Gasteiger partial charge in [-0.15, -0.1) is 11.6 Å². The van der Waals surface area contributed by atoms with Gasteiger partial charge in [0.2, 0.25) is 5.88 Å². The Labute approximate surface area is 101 Å². The second-order valence-electron chi connectivity index (χ2n) is 4.29. The maximum Gasteiger partial charge on any atom is 0.232 e. The SMILES string of the molecule is ClCc1cnc(OCC2CCCCC2)cn1. The lowest BCUT2D eigenvalue weighted by atomic mass is 9.90. The Morgan fingerprint density at radius 3 is 2.62 bits per heavy atom. The molecule has 0 bridgehead atoms. The zero-order valence-electron chi connectivity index (χ0n) is 9.36. The Morgan fingerprint density at radius 1 is 1.19 bits per heavy atom. The number of halogens is 1. The molecule has 88 valence electrons. The zero-order chi connectivity index (χ0) is 11.2. The summed E-state index contributed by atoms with van der Waals surface area (Å²) in [5.41, 5.74) is 0.784. The van der Waals surface area contributed by atoms with E-state index >= 15 is 0 Å². The van der Waals surface area contributed by atoms with Crippen LogP contribution in [0.15, 0.2) is 12.4 Å². The van der Waals surface area contributed by atoms with E-state index in [1.165, 1.54) is 32.1 Å². The molecule has 1 aromatic heterocycles. The number of nitrogens with zero attached hydrogens (tertiary/aromatic N) is 2. The topological polar surface area (TPSA) is 35.0 Å². The van der Waals surface area contributed by atoms with E-state index in [1.807, 2.05) is 0 Å². The van der Waals surface area contributed by atoms with Gasteiger partial charge in [-0.2, -0.15) is 0 Å². The predicted molar refractivity (Wildman–Crippen MR) is 63.7 cm³/mol. The normalized spacial score (nSPS) is 17.3. The number of rotatable bonds is 4. The number of hydrogen-bond donors (Lipinski definition) is 0. The summed E-state index contributed by atoms with van der Waals surface area (Å²) in [4.78, 5) is 8.31. The fourth-order valence-electron chi connectivity index (χ4n) is 2.04. The van der Waals surface area contributed by atoms with Crippen molar-refractivity contribution < 1.29 is 4.74 Å². The molecule has 0 amide bonds. The highest BCUT2D eigenvalue weighted by atomic mass is 35.5. The minimum absolute atomic E-state index is 0.399. The average molecular weight is 241 g/mol. The average Bonchev–Trinajstić information content (AvgIpc) is 2.38. The Bertz CT molecular complexity index is 309. The van der Waals surface area contributed by atoms with E-state index in [2.05, 4.69) is 9.97 Å². The highest BCUT2D eigenvalue weighted by molar-refractivity contribution is 6.16. The third-order valence-electron chi connectivity index (χ3n) is 3.01. The van der Waals surface area contributed by atoms with Crippen LogP contribution in [0.25, 0.3) is 0 Å². The molecule has 0 saturated heterocycles. The van der Waals surface area contributed by atoms with Gasteiger partial charge in [0, 0.05) is 0 Å². The zero-order valence-corrected chi connectivity index (χ0v) is 10.1. The van der Waals surface area contributed by atoms with Gasteiger partial charge in [-0.1, -0.05) is 19.3 Å². The predicted octanol–water partition coefficient (Wildman–Crippen LogP) is 3.17. The molecule has 0 atom stereocenters. The second kappa shape index (κ2) is 6.04. The van der Waals surface area contributed by atoms with E-state index in [-0.39, 0.29) is 0 Å². The Morgan fingerprint density at radius 2 is 2.00 bits per heavy atom. The van der Waals surface area contributed by atoms with Gasteiger partial charge >= 0.3 is 0 Å². The Balaban J connectivity index is 1.79. The van der Waals surface area contributed by atoms with Crippen LogP contribution < -0.4 is 4.74 Å². The van der Waals surface area contributed by atoms with Crippen LogP contribution in [0.5, 0.6) is 5.88 Å². The quantitative estimate of drug-likeness (QED) is 0.759. The molecule has 0 N–H and O–H groups in total. The molecule has 16 heavy (non-hydrogen) atoms. The van der Waals surface area contributed by atoms with E-state index in [0.717, 1.165) is 12.3 Å². The van der Waals surface area contributed by atoms with Crippen molar-refractivity contribution in [1.29, 1.82) is 0 Å². The van der Waals surface area contributed by atoms with Gasteiger partial charge in [0.15, 0.2) is 0 Å². The van der Waals surface area contributed by atoms with Crippen LogP contribution >= 0.6 is 11.6 Å². The van der Waals surface area contributed by atoms with Crippen LogP contribution in [-0.2, 0) is 5.88 Å². The van der Waals surface area contributed by atoms with Crippen LogP contribution in [0.3, 0.4) is 0 Å². The van der Waals surface area contributed by atoms with Gasteiger partial charge < -0.3 is 4.74 Å². The molecule has 1 aliphatic carbocycles. The number of aromatic nitrogens is 2. The van der Waals surface area contributed by atoms with Crippen molar-refractivity contribution in [3.63, 3.8) is 0 Å². The first kappa shape index (κ1) is 11.6. The van der Waals surface area contributed by atoms with Gasteiger partial charge in [-0.3, -0.25) is 4.98 Å². The lowest BCUT2D eigenvalue weighted by Gasteiger charge is -2.21. The van der Waals surface area contributed by atoms with Crippen molar-refractivity contribution in [2.45, 2.75) is 38.0 Å². The van der Waals surface area contributed by atoms with E-state index in [4.69, 9.17) is 16.3 Å².